The first-order valence-corrected chi connectivity index (χ1v) is 9.52. The standard InChI is InChI=1S/C22H22N2O4/c1-2-22(12-11-19(25)24-21(22)27)15-7-9-16(10-8-15)23-20(26)18-13-14-5-3-4-6-17(14)28-18/h3-10,18H,2,11-13H2,1H3,(H,23,26)(H,24,25,27). The van der Waals surface area contributed by atoms with Gasteiger partial charge in [0.1, 0.15) is 5.75 Å². The summed E-state index contributed by atoms with van der Waals surface area (Å²) in [5.41, 5.74) is 1.82. The molecule has 0 aliphatic carbocycles. The Bertz CT molecular complexity index is 913. The van der Waals surface area contributed by atoms with Crippen LogP contribution < -0.4 is 15.4 Å². The molecule has 0 aromatic heterocycles. The fourth-order valence-electron chi connectivity index (χ4n) is 3.99. The topological polar surface area (TPSA) is 84.5 Å². The van der Waals surface area contributed by atoms with E-state index in [1.54, 1.807) is 12.1 Å². The van der Waals surface area contributed by atoms with Crippen LogP contribution in [-0.2, 0) is 26.2 Å². The largest absolute Gasteiger partial charge is 0.480 e. The average Bonchev–Trinajstić information content (AvgIpc) is 3.14. The lowest BCUT2D eigenvalue weighted by Crippen LogP contribution is -2.51. The van der Waals surface area contributed by atoms with Crippen molar-refractivity contribution in [2.45, 2.75) is 44.1 Å². The van der Waals surface area contributed by atoms with Crippen LogP contribution in [0.3, 0.4) is 0 Å². The zero-order chi connectivity index (χ0) is 19.7. The van der Waals surface area contributed by atoms with E-state index in [-0.39, 0.29) is 17.7 Å². The fourth-order valence-corrected chi connectivity index (χ4v) is 3.99. The second kappa shape index (κ2) is 7.11. The molecule has 4 rings (SSSR count). The second-order valence-electron chi connectivity index (χ2n) is 7.30. The molecule has 0 bridgehead atoms. The lowest BCUT2D eigenvalue weighted by Gasteiger charge is -2.35. The summed E-state index contributed by atoms with van der Waals surface area (Å²) in [6.07, 6.45) is 1.43. The van der Waals surface area contributed by atoms with Crippen molar-refractivity contribution < 1.29 is 19.1 Å². The Hall–Kier alpha value is -3.15. The second-order valence-corrected chi connectivity index (χ2v) is 7.30. The van der Waals surface area contributed by atoms with E-state index < -0.39 is 11.5 Å². The van der Waals surface area contributed by atoms with Crippen LogP contribution in [0.2, 0.25) is 0 Å². The van der Waals surface area contributed by atoms with Crippen molar-refractivity contribution in [3.05, 3.63) is 59.7 Å². The highest BCUT2D eigenvalue weighted by Gasteiger charge is 2.42. The van der Waals surface area contributed by atoms with Crippen LogP contribution >= 0.6 is 0 Å². The van der Waals surface area contributed by atoms with Gasteiger partial charge < -0.3 is 10.1 Å². The summed E-state index contributed by atoms with van der Waals surface area (Å²) in [5, 5.41) is 5.33. The maximum atomic E-state index is 12.5. The monoisotopic (exact) mass is 378 g/mol. The van der Waals surface area contributed by atoms with Crippen LogP contribution in [0.1, 0.15) is 37.3 Å². The molecular weight excluding hydrogens is 356 g/mol. The SMILES string of the molecule is CCC1(c2ccc(NC(=O)C3Cc4ccccc4O3)cc2)CCC(=O)NC1=O. The third-order valence-electron chi connectivity index (χ3n) is 5.71. The van der Waals surface area contributed by atoms with Gasteiger partial charge in [0.25, 0.3) is 5.91 Å². The van der Waals surface area contributed by atoms with Gasteiger partial charge in [0.05, 0.1) is 5.41 Å². The molecule has 0 spiro atoms. The van der Waals surface area contributed by atoms with Crippen LogP contribution in [0, 0.1) is 0 Å². The van der Waals surface area contributed by atoms with Gasteiger partial charge in [-0.05, 0) is 42.2 Å². The van der Waals surface area contributed by atoms with Crippen molar-refractivity contribution in [3.8, 4) is 5.75 Å². The number of carbonyl (C=O) groups excluding carboxylic acids is 3. The van der Waals surface area contributed by atoms with Gasteiger partial charge in [-0.2, -0.15) is 0 Å². The summed E-state index contributed by atoms with van der Waals surface area (Å²) in [6.45, 7) is 1.94. The minimum absolute atomic E-state index is 0.199. The van der Waals surface area contributed by atoms with E-state index in [1.165, 1.54) is 0 Å². The van der Waals surface area contributed by atoms with Crippen LogP contribution in [0.4, 0.5) is 5.69 Å². The summed E-state index contributed by atoms with van der Waals surface area (Å²) in [6, 6.07) is 14.9. The van der Waals surface area contributed by atoms with Gasteiger partial charge in [0.2, 0.25) is 11.8 Å². The highest BCUT2D eigenvalue weighted by molar-refractivity contribution is 6.03. The first-order chi connectivity index (χ1) is 13.5. The smallest absolute Gasteiger partial charge is 0.265 e. The highest BCUT2D eigenvalue weighted by atomic mass is 16.5. The van der Waals surface area contributed by atoms with Crippen molar-refractivity contribution in [3.63, 3.8) is 0 Å². The van der Waals surface area contributed by atoms with Crippen molar-refractivity contribution in [1.29, 1.82) is 0 Å². The third-order valence-corrected chi connectivity index (χ3v) is 5.71. The van der Waals surface area contributed by atoms with Crippen molar-refractivity contribution >= 4 is 23.4 Å². The number of para-hydroxylation sites is 1. The van der Waals surface area contributed by atoms with Crippen molar-refractivity contribution in [2.75, 3.05) is 5.32 Å². The van der Waals surface area contributed by atoms with Crippen LogP contribution in [-0.4, -0.2) is 23.8 Å². The lowest BCUT2D eigenvalue weighted by molar-refractivity contribution is -0.138. The van der Waals surface area contributed by atoms with Crippen molar-refractivity contribution in [2.24, 2.45) is 0 Å². The zero-order valence-electron chi connectivity index (χ0n) is 15.7. The normalized spacial score (nSPS) is 23.5. The minimum atomic E-state index is -0.702. The molecule has 2 aliphatic heterocycles. The molecule has 2 aromatic carbocycles. The lowest BCUT2D eigenvalue weighted by atomic mass is 9.72. The molecule has 6 heteroatoms. The molecule has 2 aromatic rings. The first kappa shape index (κ1) is 18.2. The van der Waals surface area contributed by atoms with Gasteiger partial charge in [0, 0.05) is 18.5 Å². The molecule has 2 N–H and O–H groups in total. The molecule has 2 unspecified atom stereocenters. The quantitative estimate of drug-likeness (QED) is 0.801. The van der Waals surface area contributed by atoms with E-state index in [9.17, 15) is 14.4 Å². The number of rotatable bonds is 4. The molecule has 28 heavy (non-hydrogen) atoms. The Morgan fingerprint density at radius 1 is 1.18 bits per heavy atom. The molecule has 0 radical (unpaired) electrons. The highest BCUT2D eigenvalue weighted by Crippen LogP contribution is 2.36. The van der Waals surface area contributed by atoms with Crippen LogP contribution in [0.25, 0.3) is 0 Å². The number of imide groups is 1. The Kier molecular flexibility index (Phi) is 4.63. The number of hydrogen-bond donors (Lipinski definition) is 2. The molecule has 2 heterocycles. The zero-order valence-corrected chi connectivity index (χ0v) is 15.7. The maximum Gasteiger partial charge on any atom is 0.265 e. The molecular formula is C22H22N2O4. The molecule has 3 amide bonds. The summed E-state index contributed by atoms with van der Waals surface area (Å²) in [5.74, 6) is 0.0755. The summed E-state index contributed by atoms with van der Waals surface area (Å²) < 4.78 is 5.72. The van der Waals surface area contributed by atoms with E-state index in [4.69, 9.17) is 4.74 Å². The average molecular weight is 378 g/mol. The van der Waals surface area contributed by atoms with Crippen LogP contribution in [0.15, 0.2) is 48.5 Å². The Morgan fingerprint density at radius 2 is 1.93 bits per heavy atom. The summed E-state index contributed by atoms with van der Waals surface area (Å²) in [7, 11) is 0. The fraction of sp³-hybridized carbons (Fsp3) is 0.318. The number of benzene rings is 2. The molecule has 1 fully saturated rings. The maximum absolute atomic E-state index is 12.5. The van der Waals surface area contributed by atoms with E-state index in [1.807, 2.05) is 43.3 Å². The molecule has 6 nitrogen and oxygen atoms in total. The van der Waals surface area contributed by atoms with E-state index in [0.29, 0.717) is 31.4 Å². The number of piperidine rings is 1. The third kappa shape index (κ3) is 3.15. The number of carbonyl (C=O) groups is 3. The van der Waals surface area contributed by atoms with E-state index in [0.717, 1.165) is 16.9 Å². The number of nitrogens with one attached hydrogen (secondary N) is 2. The van der Waals surface area contributed by atoms with Crippen molar-refractivity contribution in [1.82, 2.24) is 5.32 Å². The van der Waals surface area contributed by atoms with Gasteiger partial charge in [0.15, 0.2) is 6.10 Å². The summed E-state index contributed by atoms with van der Waals surface area (Å²) >= 11 is 0. The number of ether oxygens (including phenoxy) is 1. The van der Waals surface area contributed by atoms with Gasteiger partial charge in [-0.3, -0.25) is 19.7 Å². The van der Waals surface area contributed by atoms with Crippen LogP contribution in [0.5, 0.6) is 5.75 Å². The number of hydrogen-bond acceptors (Lipinski definition) is 4. The Labute approximate surface area is 163 Å². The summed E-state index contributed by atoms with van der Waals surface area (Å²) in [4.78, 5) is 36.5. The predicted octanol–water partition coefficient (Wildman–Crippen LogP) is 2.71. The van der Waals surface area contributed by atoms with Gasteiger partial charge >= 0.3 is 0 Å². The molecule has 0 saturated carbocycles. The van der Waals surface area contributed by atoms with E-state index >= 15 is 0 Å². The molecule has 2 aliphatic rings. The number of fused-ring (bicyclic) bond motifs is 1. The molecule has 144 valence electrons. The predicted molar refractivity (Wildman–Crippen MR) is 104 cm³/mol. The molecule has 1 saturated heterocycles. The molecule has 2 atom stereocenters. The van der Waals surface area contributed by atoms with E-state index in [2.05, 4.69) is 10.6 Å². The van der Waals surface area contributed by atoms with Gasteiger partial charge in [-0.15, -0.1) is 0 Å². The Balaban J connectivity index is 1.46. The van der Waals surface area contributed by atoms with Gasteiger partial charge in [-0.25, -0.2) is 0 Å². The minimum Gasteiger partial charge on any atom is -0.480 e. The van der Waals surface area contributed by atoms with Gasteiger partial charge in [-0.1, -0.05) is 37.3 Å². The number of amides is 3. The number of anilines is 1. The Morgan fingerprint density at radius 3 is 2.61 bits per heavy atom. The first-order valence-electron chi connectivity index (χ1n) is 9.52.